The SMILES string of the molecule is Cc1nc2c(=O)[nH]ccn2c1Br. The van der Waals surface area contributed by atoms with Crippen LogP contribution < -0.4 is 5.56 Å². The normalized spacial score (nSPS) is 10.8. The summed E-state index contributed by atoms with van der Waals surface area (Å²) in [6, 6.07) is 0. The van der Waals surface area contributed by atoms with Crippen LogP contribution in [0, 0.1) is 6.92 Å². The third-order valence-electron chi connectivity index (χ3n) is 1.65. The van der Waals surface area contributed by atoms with Crippen LogP contribution in [0.15, 0.2) is 21.8 Å². The summed E-state index contributed by atoms with van der Waals surface area (Å²) in [5.41, 5.74) is 1.06. The van der Waals surface area contributed by atoms with E-state index in [2.05, 4.69) is 25.9 Å². The molecule has 2 aromatic rings. The monoisotopic (exact) mass is 227 g/mol. The first-order valence-electron chi connectivity index (χ1n) is 3.42. The molecule has 12 heavy (non-hydrogen) atoms. The molecule has 0 saturated carbocycles. The van der Waals surface area contributed by atoms with Crippen molar-refractivity contribution in [3.63, 3.8) is 0 Å². The summed E-state index contributed by atoms with van der Waals surface area (Å²) in [5.74, 6) is 0. The van der Waals surface area contributed by atoms with Gasteiger partial charge in [0, 0.05) is 12.4 Å². The van der Waals surface area contributed by atoms with Gasteiger partial charge in [-0.05, 0) is 22.9 Å². The molecule has 4 nitrogen and oxygen atoms in total. The molecule has 0 spiro atoms. The maximum Gasteiger partial charge on any atom is 0.291 e. The minimum absolute atomic E-state index is 0.175. The first-order valence-corrected chi connectivity index (χ1v) is 4.21. The van der Waals surface area contributed by atoms with E-state index in [0.717, 1.165) is 10.3 Å². The number of H-pyrrole nitrogens is 1. The Kier molecular flexibility index (Phi) is 1.54. The molecule has 0 aromatic carbocycles. The second-order valence-electron chi connectivity index (χ2n) is 2.47. The molecule has 0 aliphatic carbocycles. The van der Waals surface area contributed by atoms with E-state index in [4.69, 9.17) is 0 Å². The second kappa shape index (κ2) is 2.45. The molecule has 0 aliphatic rings. The standard InChI is InChI=1S/C7H6BrN3O/c1-4-5(8)11-3-2-9-7(12)6(11)10-4/h2-3H,1H3,(H,9,12). The van der Waals surface area contributed by atoms with Crippen molar-refractivity contribution >= 4 is 21.6 Å². The van der Waals surface area contributed by atoms with Crippen molar-refractivity contribution in [3.05, 3.63) is 33.0 Å². The highest BCUT2D eigenvalue weighted by molar-refractivity contribution is 9.10. The summed E-state index contributed by atoms with van der Waals surface area (Å²) in [6.45, 7) is 1.84. The fourth-order valence-corrected chi connectivity index (χ4v) is 1.45. The molecule has 2 aromatic heterocycles. The molecular formula is C7H6BrN3O. The average Bonchev–Trinajstić information content (AvgIpc) is 2.32. The molecule has 1 N–H and O–H groups in total. The minimum Gasteiger partial charge on any atom is -0.324 e. The zero-order valence-electron chi connectivity index (χ0n) is 6.34. The van der Waals surface area contributed by atoms with Crippen molar-refractivity contribution in [1.82, 2.24) is 14.4 Å². The Bertz CT molecular complexity index is 485. The highest BCUT2D eigenvalue weighted by Gasteiger charge is 2.06. The van der Waals surface area contributed by atoms with Crippen LogP contribution in [0.25, 0.3) is 5.65 Å². The zero-order chi connectivity index (χ0) is 8.72. The molecule has 2 heterocycles. The lowest BCUT2D eigenvalue weighted by molar-refractivity contribution is 1.07. The molecule has 0 unspecified atom stereocenters. The van der Waals surface area contributed by atoms with Crippen molar-refractivity contribution < 1.29 is 0 Å². The Morgan fingerprint density at radius 3 is 3.08 bits per heavy atom. The van der Waals surface area contributed by atoms with E-state index < -0.39 is 0 Å². The Balaban J connectivity index is 3.05. The van der Waals surface area contributed by atoms with Gasteiger partial charge in [-0.15, -0.1) is 0 Å². The topological polar surface area (TPSA) is 50.2 Å². The van der Waals surface area contributed by atoms with Gasteiger partial charge in [-0.25, -0.2) is 4.98 Å². The summed E-state index contributed by atoms with van der Waals surface area (Å²) >= 11 is 3.33. The fourth-order valence-electron chi connectivity index (χ4n) is 1.07. The summed E-state index contributed by atoms with van der Waals surface area (Å²) in [5, 5.41) is 0. The number of fused-ring (bicyclic) bond motifs is 1. The van der Waals surface area contributed by atoms with E-state index in [1.807, 2.05) is 6.92 Å². The molecule has 62 valence electrons. The molecule has 2 rings (SSSR count). The predicted octanol–water partition coefficient (Wildman–Crippen LogP) is 1.09. The molecule has 0 saturated heterocycles. The number of rotatable bonds is 0. The lowest BCUT2D eigenvalue weighted by Crippen LogP contribution is -2.08. The van der Waals surface area contributed by atoms with Gasteiger partial charge >= 0.3 is 0 Å². The molecule has 0 amide bonds. The quantitative estimate of drug-likeness (QED) is 0.733. The molecular weight excluding hydrogens is 222 g/mol. The summed E-state index contributed by atoms with van der Waals surface area (Å²) in [7, 11) is 0. The molecule has 0 atom stereocenters. The van der Waals surface area contributed by atoms with Crippen LogP contribution in [0.5, 0.6) is 0 Å². The van der Waals surface area contributed by atoms with Gasteiger partial charge < -0.3 is 4.98 Å². The summed E-state index contributed by atoms with van der Waals surface area (Å²) < 4.78 is 2.53. The Hall–Kier alpha value is -1.10. The number of hydrogen-bond acceptors (Lipinski definition) is 2. The van der Waals surface area contributed by atoms with Gasteiger partial charge in [-0.3, -0.25) is 9.20 Å². The van der Waals surface area contributed by atoms with E-state index in [9.17, 15) is 4.79 Å². The van der Waals surface area contributed by atoms with E-state index in [0.29, 0.717) is 5.65 Å². The highest BCUT2D eigenvalue weighted by Crippen LogP contribution is 2.14. The van der Waals surface area contributed by atoms with Crippen molar-refractivity contribution in [2.24, 2.45) is 0 Å². The maximum atomic E-state index is 11.2. The van der Waals surface area contributed by atoms with Crippen molar-refractivity contribution in [1.29, 1.82) is 0 Å². The number of halogens is 1. The number of imidazole rings is 1. The third kappa shape index (κ3) is 0.896. The number of nitrogens with one attached hydrogen (secondary N) is 1. The predicted molar refractivity (Wildman–Crippen MR) is 48.2 cm³/mol. The smallest absolute Gasteiger partial charge is 0.291 e. The van der Waals surface area contributed by atoms with Crippen LogP contribution in [0.2, 0.25) is 0 Å². The zero-order valence-corrected chi connectivity index (χ0v) is 7.92. The van der Waals surface area contributed by atoms with Crippen LogP contribution in [0.3, 0.4) is 0 Å². The van der Waals surface area contributed by atoms with E-state index in [-0.39, 0.29) is 5.56 Å². The second-order valence-corrected chi connectivity index (χ2v) is 3.22. The summed E-state index contributed by atoms with van der Waals surface area (Å²) in [4.78, 5) is 17.8. The van der Waals surface area contributed by atoms with Crippen LogP contribution >= 0.6 is 15.9 Å². The number of aromatic nitrogens is 3. The molecule has 0 fully saturated rings. The minimum atomic E-state index is -0.175. The first-order chi connectivity index (χ1) is 5.70. The van der Waals surface area contributed by atoms with Gasteiger partial charge in [0.05, 0.1) is 5.69 Å². The molecule has 0 aliphatic heterocycles. The van der Waals surface area contributed by atoms with Crippen molar-refractivity contribution in [2.45, 2.75) is 6.92 Å². The molecule has 0 radical (unpaired) electrons. The van der Waals surface area contributed by atoms with Crippen molar-refractivity contribution in [2.75, 3.05) is 0 Å². The third-order valence-corrected chi connectivity index (χ3v) is 2.61. The number of aryl methyl sites for hydroxylation is 1. The number of hydrogen-bond donors (Lipinski definition) is 1. The lowest BCUT2D eigenvalue weighted by atomic mass is 10.6. The van der Waals surface area contributed by atoms with Crippen LogP contribution in [-0.2, 0) is 0 Å². The molecule has 5 heteroatoms. The Morgan fingerprint density at radius 1 is 1.67 bits per heavy atom. The van der Waals surface area contributed by atoms with Gasteiger partial charge in [0.1, 0.15) is 4.60 Å². The van der Waals surface area contributed by atoms with Gasteiger partial charge in [0.25, 0.3) is 5.56 Å². The number of aromatic amines is 1. The highest BCUT2D eigenvalue weighted by atomic mass is 79.9. The van der Waals surface area contributed by atoms with Crippen molar-refractivity contribution in [3.8, 4) is 0 Å². The Labute approximate surface area is 76.4 Å². The van der Waals surface area contributed by atoms with E-state index in [1.54, 1.807) is 16.8 Å². The maximum absolute atomic E-state index is 11.2. The van der Waals surface area contributed by atoms with Gasteiger partial charge in [-0.1, -0.05) is 0 Å². The number of nitrogens with zero attached hydrogens (tertiary/aromatic N) is 2. The first kappa shape index (κ1) is 7.54. The summed E-state index contributed by atoms with van der Waals surface area (Å²) in [6.07, 6.45) is 3.34. The van der Waals surface area contributed by atoms with E-state index >= 15 is 0 Å². The van der Waals surface area contributed by atoms with Gasteiger partial charge in [0.15, 0.2) is 0 Å². The Morgan fingerprint density at radius 2 is 2.42 bits per heavy atom. The van der Waals surface area contributed by atoms with Crippen LogP contribution in [0.4, 0.5) is 0 Å². The average molecular weight is 228 g/mol. The van der Waals surface area contributed by atoms with Gasteiger partial charge in [0.2, 0.25) is 5.65 Å². The molecule has 0 bridgehead atoms. The largest absolute Gasteiger partial charge is 0.324 e. The lowest BCUT2D eigenvalue weighted by Gasteiger charge is -1.91. The van der Waals surface area contributed by atoms with E-state index in [1.165, 1.54) is 0 Å². The fraction of sp³-hybridized carbons (Fsp3) is 0.143. The van der Waals surface area contributed by atoms with Crippen LogP contribution in [-0.4, -0.2) is 14.4 Å². The van der Waals surface area contributed by atoms with Gasteiger partial charge in [-0.2, -0.15) is 0 Å². The van der Waals surface area contributed by atoms with Crippen LogP contribution in [0.1, 0.15) is 5.69 Å².